The standard InChI is InChI=1S/C13H11BrN2O3/c1-8-11(5-6-19-8)13(18)16-15-12(17)9-3-2-4-10(14)7-9/h2-7H,1H3,(H,15,17)(H,16,18). The third-order valence-corrected chi connectivity index (χ3v) is 2.97. The highest BCUT2D eigenvalue weighted by molar-refractivity contribution is 9.10. The summed E-state index contributed by atoms with van der Waals surface area (Å²) in [6.07, 6.45) is 1.42. The molecular weight excluding hydrogens is 312 g/mol. The van der Waals surface area contributed by atoms with Crippen molar-refractivity contribution in [1.29, 1.82) is 0 Å². The van der Waals surface area contributed by atoms with Gasteiger partial charge in [0, 0.05) is 10.0 Å². The predicted molar refractivity (Wildman–Crippen MR) is 72.5 cm³/mol. The number of carbonyl (C=O) groups excluding carboxylic acids is 2. The number of nitrogens with one attached hydrogen (secondary N) is 2. The smallest absolute Gasteiger partial charge is 0.273 e. The lowest BCUT2D eigenvalue weighted by Gasteiger charge is -2.07. The van der Waals surface area contributed by atoms with Crippen molar-refractivity contribution in [3.05, 3.63) is 58.0 Å². The van der Waals surface area contributed by atoms with Crippen LogP contribution in [-0.4, -0.2) is 11.8 Å². The van der Waals surface area contributed by atoms with Crippen LogP contribution in [0.2, 0.25) is 0 Å². The van der Waals surface area contributed by atoms with Crippen LogP contribution in [0.15, 0.2) is 45.5 Å². The van der Waals surface area contributed by atoms with E-state index in [1.54, 1.807) is 25.1 Å². The summed E-state index contributed by atoms with van der Waals surface area (Å²) in [5, 5.41) is 0. The molecule has 0 spiro atoms. The van der Waals surface area contributed by atoms with Gasteiger partial charge in [-0.15, -0.1) is 0 Å². The lowest BCUT2D eigenvalue weighted by molar-refractivity contribution is 0.0845. The highest BCUT2D eigenvalue weighted by Crippen LogP contribution is 2.11. The van der Waals surface area contributed by atoms with E-state index in [2.05, 4.69) is 26.8 Å². The number of benzene rings is 1. The van der Waals surface area contributed by atoms with Crippen molar-refractivity contribution in [2.75, 3.05) is 0 Å². The maximum Gasteiger partial charge on any atom is 0.273 e. The topological polar surface area (TPSA) is 71.3 Å². The first-order valence-electron chi connectivity index (χ1n) is 5.48. The second-order valence-corrected chi connectivity index (χ2v) is 4.72. The van der Waals surface area contributed by atoms with Gasteiger partial charge in [-0.1, -0.05) is 22.0 Å². The molecule has 0 radical (unpaired) electrons. The summed E-state index contributed by atoms with van der Waals surface area (Å²) < 4.78 is 5.80. The normalized spacial score (nSPS) is 10.0. The molecule has 1 heterocycles. The average Bonchev–Trinajstić information content (AvgIpc) is 2.82. The Balaban J connectivity index is 1.98. The minimum absolute atomic E-state index is 0.384. The Hall–Kier alpha value is -2.08. The fourth-order valence-electron chi connectivity index (χ4n) is 1.50. The molecule has 2 aromatic rings. The molecule has 0 saturated heterocycles. The Bertz CT molecular complexity index is 622. The van der Waals surface area contributed by atoms with E-state index in [9.17, 15) is 9.59 Å². The number of halogens is 1. The lowest BCUT2D eigenvalue weighted by atomic mass is 10.2. The molecule has 0 aliphatic rings. The molecule has 2 N–H and O–H groups in total. The number of rotatable bonds is 2. The molecule has 0 unspecified atom stereocenters. The van der Waals surface area contributed by atoms with Crippen molar-refractivity contribution in [2.24, 2.45) is 0 Å². The highest BCUT2D eigenvalue weighted by Gasteiger charge is 2.12. The SMILES string of the molecule is Cc1occc1C(=O)NNC(=O)c1cccc(Br)c1. The largest absolute Gasteiger partial charge is 0.469 e. The van der Waals surface area contributed by atoms with Crippen molar-refractivity contribution >= 4 is 27.7 Å². The maximum atomic E-state index is 11.8. The van der Waals surface area contributed by atoms with Crippen LogP contribution in [0, 0.1) is 6.92 Å². The van der Waals surface area contributed by atoms with Crippen LogP contribution in [0.3, 0.4) is 0 Å². The van der Waals surface area contributed by atoms with Gasteiger partial charge >= 0.3 is 0 Å². The molecule has 98 valence electrons. The van der Waals surface area contributed by atoms with Crippen LogP contribution in [0.1, 0.15) is 26.5 Å². The third-order valence-electron chi connectivity index (χ3n) is 2.48. The summed E-state index contributed by atoms with van der Waals surface area (Å²) in [6.45, 7) is 1.67. The van der Waals surface area contributed by atoms with E-state index in [1.165, 1.54) is 12.3 Å². The van der Waals surface area contributed by atoms with Crippen molar-refractivity contribution < 1.29 is 14.0 Å². The van der Waals surface area contributed by atoms with Gasteiger partial charge < -0.3 is 4.42 Å². The van der Waals surface area contributed by atoms with Crippen LogP contribution >= 0.6 is 15.9 Å². The number of furan rings is 1. The molecule has 2 amide bonds. The van der Waals surface area contributed by atoms with E-state index in [0.29, 0.717) is 16.9 Å². The van der Waals surface area contributed by atoms with Crippen LogP contribution in [0.5, 0.6) is 0 Å². The van der Waals surface area contributed by atoms with E-state index >= 15 is 0 Å². The molecular formula is C13H11BrN2O3. The van der Waals surface area contributed by atoms with Crippen molar-refractivity contribution in [1.82, 2.24) is 10.9 Å². The van der Waals surface area contributed by atoms with Gasteiger partial charge in [-0.25, -0.2) is 0 Å². The second kappa shape index (κ2) is 5.71. The Morgan fingerprint density at radius 1 is 1.16 bits per heavy atom. The van der Waals surface area contributed by atoms with Crippen LogP contribution < -0.4 is 10.9 Å². The Labute approximate surface area is 118 Å². The molecule has 19 heavy (non-hydrogen) atoms. The summed E-state index contributed by atoms with van der Waals surface area (Å²) in [4.78, 5) is 23.5. The molecule has 5 nitrogen and oxygen atoms in total. The van der Waals surface area contributed by atoms with Crippen molar-refractivity contribution in [3.8, 4) is 0 Å². The summed E-state index contributed by atoms with van der Waals surface area (Å²) in [7, 11) is 0. The number of carbonyl (C=O) groups is 2. The molecule has 0 fully saturated rings. The monoisotopic (exact) mass is 322 g/mol. The highest BCUT2D eigenvalue weighted by atomic mass is 79.9. The summed E-state index contributed by atoms with van der Waals surface area (Å²) in [5.74, 6) is -0.320. The van der Waals surface area contributed by atoms with Crippen LogP contribution in [-0.2, 0) is 0 Å². The number of hydrogen-bond acceptors (Lipinski definition) is 3. The zero-order valence-electron chi connectivity index (χ0n) is 10.1. The Morgan fingerprint density at radius 2 is 1.89 bits per heavy atom. The Morgan fingerprint density at radius 3 is 2.53 bits per heavy atom. The summed E-state index contributed by atoms with van der Waals surface area (Å²) >= 11 is 3.27. The van der Waals surface area contributed by atoms with E-state index in [1.807, 2.05) is 6.07 Å². The second-order valence-electron chi connectivity index (χ2n) is 3.81. The lowest BCUT2D eigenvalue weighted by Crippen LogP contribution is -2.41. The van der Waals surface area contributed by atoms with E-state index in [4.69, 9.17) is 4.42 Å². The van der Waals surface area contributed by atoms with E-state index in [0.717, 1.165) is 4.47 Å². The quantitative estimate of drug-likeness (QED) is 0.834. The first kappa shape index (κ1) is 13.4. The van der Waals surface area contributed by atoms with Crippen molar-refractivity contribution in [3.63, 3.8) is 0 Å². The summed E-state index contributed by atoms with van der Waals surface area (Å²) in [6, 6.07) is 8.39. The fourth-order valence-corrected chi connectivity index (χ4v) is 1.90. The number of hydrogen-bond donors (Lipinski definition) is 2. The Kier molecular flexibility index (Phi) is 4.01. The minimum Gasteiger partial charge on any atom is -0.469 e. The molecule has 0 aliphatic heterocycles. The molecule has 1 aromatic heterocycles. The van der Waals surface area contributed by atoms with Gasteiger partial charge in [0.05, 0.1) is 11.8 Å². The predicted octanol–water partition coefficient (Wildman–Crippen LogP) is 2.43. The molecule has 6 heteroatoms. The molecule has 0 aliphatic carbocycles. The molecule has 0 bridgehead atoms. The van der Waals surface area contributed by atoms with E-state index in [-0.39, 0.29) is 0 Å². The number of amides is 2. The summed E-state index contributed by atoms with van der Waals surface area (Å²) in [5.41, 5.74) is 5.50. The average molecular weight is 323 g/mol. The van der Waals surface area contributed by atoms with Crippen molar-refractivity contribution in [2.45, 2.75) is 6.92 Å². The number of aryl methyl sites for hydroxylation is 1. The van der Waals surface area contributed by atoms with Gasteiger partial charge in [0.1, 0.15) is 5.76 Å². The fraction of sp³-hybridized carbons (Fsp3) is 0.0769. The molecule has 2 rings (SSSR count). The molecule has 1 aromatic carbocycles. The molecule has 0 atom stereocenters. The van der Waals surface area contributed by atoms with Gasteiger partial charge in [-0.2, -0.15) is 0 Å². The van der Waals surface area contributed by atoms with Gasteiger partial charge in [-0.3, -0.25) is 20.4 Å². The molecule has 0 saturated carbocycles. The van der Waals surface area contributed by atoms with Crippen LogP contribution in [0.25, 0.3) is 0 Å². The van der Waals surface area contributed by atoms with E-state index < -0.39 is 11.8 Å². The first-order chi connectivity index (χ1) is 9.08. The van der Waals surface area contributed by atoms with Gasteiger partial charge in [-0.05, 0) is 31.2 Å². The third kappa shape index (κ3) is 3.23. The zero-order chi connectivity index (χ0) is 13.8. The number of hydrazine groups is 1. The first-order valence-corrected chi connectivity index (χ1v) is 6.27. The van der Waals surface area contributed by atoms with Crippen LogP contribution in [0.4, 0.5) is 0 Å². The van der Waals surface area contributed by atoms with Gasteiger partial charge in [0.25, 0.3) is 11.8 Å². The minimum atomic E-state index is -0.422. The van der Waals surface area contributed by atoms with Gasteiger partial charge in [0.2, 0.25) is 0 Å². The zero-order valence-corrected chi connectivity index (χ0v) is 11.7. The maximum absolute atomic E-state index is 11.8. The van der Waals surface area contributed by atoms with Gasteiger partial charge in [0.15, 0.2) is 0 Å².